The molecule has 9 nitrogen and oxygen atoms in total. The Balaban J connectivity index is 1.32. The van der Waals surface area contributed by atoms with Crippen molar-refractivity contribution in [3.05, 3.63) is 82.9 Å². The third kappa shape index (κ3) is 8.84. The molecule has 0 amide bonds. The van der Waals surface area contributed by atoms with Crippen molar-refractivity contribution in [3.8, 4) is 28.4 Å². The first-order valence-corrected chi connectivity index (χ1v) is 20.5. The maximum absolute atomic E-state index is 13.9. The van der Waals surface area contributed by atoms with E-state index in [1.165, 1.54) is 0 Å². The number of ketones is 1. The van der Waals surface area contributed by atoms with Gasteiger partial charge in [-0.05, 0) is 115 Å². The highest BCUT2D eigenvalue weighted by molar-refractivity contribution is 8.76. The molecule has 7 rings (SSSR count). The summed E-state index contributed by atoms with van der Waals surface area (Å²) in [5.41, 5.74) is 5.97. The molecule has 4 aromatic rings. The molecule has 2 bridgehead atoms. The van der Waals surface area contributed by atoms with Crippen LogP contribution in [0.25, 0.3) is 21.9 Å². The van der Waals surface area contributed by atoms with Gasteiger partial charge in [-0.2, -0.15) is 0 Å². The smallest absolute Gasteiger partial charge is 0.168 e. The Morgan fingerprint density at radius 2 is 1.77 bits per heavy atom. The van der Waals surface area contributed by atoms with Crippen molar-refractivity contribution in [1.29, 1.82) is 0 Å². The number of anilines is 1. The molecule has 0 saturated heterocycles. The highest BCUT2D eigenvalue weighted by Gasteiger charge is 2.33. The first kappa shape index (κ1) is 38.3. The van der Waals surface area contributed by atoms with E-state index in [1.807, 2.05) is 71.1 Å². The SMILES string of the molecule is CNC(OC1CC(=O)CCc2ccc(O)c(OC)c2-c2ccc3ccc(O)cc3c2CSSC2CCC1CC2)c1ccc(NCC(C)O)c(CO)c1. The molecular weight excluding hydrogens is 697 g/mol. The van der Waals surface area contributed by atoms with Crippen molar-refractivity contribution < 1.29 is 34.7 Å². The second-order valence-electron chi connectivity index (χ2n) is 13.9. The number of benzene rings is 4. The van der Waals surface area contributed by atoms with Crippen LogP contribution in [-0.2, 0) is 28.3 Å². The third-order valence-corrected chi connectivity index (χ3v) is 13.2. The molecule has 1 aliphatic carbocycles. The number of hydrogen-bond acceptors (Lipinski definition) is 11. The predicted molar refractivity (Wildman–Crippen MR) is 211 cm³/mol. The number of carbonyl (C=O) groups excluding carboxylic acids is 1. The van der Waals surface area contributed by atoms with Crippen molar-refractivity contribution in [3.63, 3.8) is 0 Å². The molecule has 4 aromatic carbocycles. The van der Waals surface area contributed by atoms with Crippen molar-refractivity contribution >= 4 is 43.8 Å². The van der Waals surface area contributed by atoms with Gasteiger partial charge >= 0.3 is 0 Å². The van der Waals surface area contributed by atoms with Crippen LogP contribution < -0.4 is 15.4 Å². The number of methoxy groups -OCH3 is 1. The summed E-state index contributed by atoms with van der Waals surface area (Å²) in [5, 5.41) is 50.3. The van der Waals surface area contributed by atoms with Gasteiger partial charge in [-0.15, -0.1) is 0 Å². The lowest BCUT2D eigenvalue weighted by Crippen LogP contribution is -2.35. The highest BCUT2D eigenvalue weighted by atomic mass is 33.1. The van der Waals surface area contributed by atoms with E-state index in [0.717, 1.165) is 70.0 Å². The first-order valence-electron chi connectivity index (χ1n) is 18.1. The maximum Gasteiger partial charge on any atom is 0.168 e. The molecule has 3 unspecified atom stereocenters. The van der Waals surface area contributed by atoms with Crippen LogP contribution in [0.2, 0.25) is 0 Å². The zero-order valence-electron chi connectivity index (χ0n) is 30.1. The Morgan fingerprint density at radius 1 is 0.981 bits per heavy atom. The van der Waals surface area contributed by atoms with E-state index in [9.17, 15) is 25.2 Å². The van der Waals surface area contributed by atoms with Crippen LogP contribution in [0.1, 0.15) is 73.9 Å². The summed E-state index contributed by atoms with van der Waals surface area (Å²) in [4.78, 5) is 13.9. The zero-order chi connectivity index (χ0) is 36.8. The monoisotopic (exact) mass is 746 g/mol. The fraction of sp³-hybridized carbons (Fsp3) is 0.439. The number of carbonyl (C=O) groups is 1. The predicted octanol–water partition coefficient (Wildman–Crippen LogP) is 7.86. The molecule has 0 radical (unpaired) electrons. The lowest BCUT2D eigenvalue weighted by molar-refractivity contribution is -0.127. The van der Waals surface area contributed by atoms with Gasteiger partial charge < -0.3 is 35.2 Å². The largest absolute Gasteiger partial charge is 0.508 e. The van der Waals surface area contributed by atoms with E-state index in [1.54, 1.807) is 26.2 Å². The molecule has 52 heavy (non-hydrogen) atoms. The van der Waals surface area contributed by atoms with E-state index < -0.39 is 12.3 Å². The van der Waals surface area contributed by atoms with Crippen LogP contribution >= 0.6 is 21.6 Å². The van der Waals surface area contributed by atoms with Crippen molar-refractivity contribution in [2.45, 2.75) is 87.9 Å². The minimum atomic E-state index is -0.526. The Bertz CT molecular complexity index is 1860. The number of fused-ring (bicyclic) bond motifs is 9. The Hall–Kier alpha value is -3.45. The highest BCUT2D eigenvalue weighted by Crippen LogP contribution is 2.47. The van der Waals surface area contributed by atoms with Crippen molar-refractivity contribution in [2.75, 3.05) is 26.0 Å². The average molecular weight is 747 g/mol. The summed E-state index contributed by atoms with van der Waals surface area (Å²) >= 11 is 0. The molecule has 11 heteroatoms. The Morgan fingerprint density at radius 3 is 2.50 bits per heavy atom. The number of phenolic OH excluding ortho intramolecular Hbond substituents is 2. The van der Waals surface area contributed by atoms with E-state index in [-0.39, 0.29) is 42.3 Å². The number of aromatic hydroxyl groups is 2. The minimum Gasteiger partial charge on any atom is -0.508 e. The summed E-state index contributed by atoms with van der Waals surface area (Å²) in [5.74, 6) is 1.62. The summed E-state index contributed by atoms with van der Waals surface area (Å²) in [7, 11) is 7.12. The van der Waals surface area contributed by atoms with Gasteiger partial charge in [0, 0.05) is 47.2 Å². The minimum absolute atomic E-state index is 0.0333. The summed E-state index contributed by atoms with van der Waals surface area (Å²) in [6.07, 6.45) is 3.69. The number of hydrogen-bond donors (Lipinski definition) is 6. The lowest BCUT2D eigenvalue weighted by atomic mass is 9.82. The van der Waals surface area contributed by atoms with Gasteiger partial charge in [-0.3, -0.25) is 10.1 Å². The number of ether oxygens (including phenoxy) is 2. The molecule has 1 saturated carbocycles. The normalized spacial score (nSPS) is 20.9. The van der Waals surface area contributed by atoms with Gasteiger partial charge in [0.2, 0.25) is 0 Å². The quantitative estimate of drug-likeness (QED) is 0.0737. The molecule has 2 aliphatic heterocycles. The summed E-state index contributed by atoms with van der Waals surface area (Å²) in [6, 6.07) is 18.8. The summed E-state index contributed by atoms with van der Waals surface area (Å²) in [6.45, 7) is 1.91. The van der Waals surface area contributed by atoms with Crippen LogP contribution in [0.15, 0.2) is 60.7 Å². The van der Waals surface area contributed by atoms with Gasteiger partial charge in [-0.1, -0.05) is 51.9 Å². The molecule has 0 spiro atoms. The molecule has 0 aromatic heterocycles. The van der Waals surface area contributed by atoms with Gasteiger partial charge in [0.05, 0.1) is 25.9 Å². The van der Waals surface area contributed by atoms with Gasteiger partial charge in [0.25, 0.3) is 0 Å². The summed E-state index contributed by atoms with van der Waals surface area (Å²) < 4.78 is 12.6. The topological polar surface area (TPSA) is 141 Å². The van der Waals surface area contributed by atoms with Crippen LogP contribution in [0.5, 0.6) is 17.2 Å². The average Bonchev–Trinajstić information content (AvgIpc) is 3.15. The molecule has 3 atom stereocenters. The number of aryl methyl sites for hydroxylation is 1. The van der Waals surface area contributed by atoms with Crippen LogP contribution in [0.4, 0.5) is 5.69 Å². The molecule has 2 heterocycles. The van der Waals surface area contributed by atoms with Gasteiger partial charge in [0.15, 0.2) is 11.5 Å². The van der Waals surface area contributed by atoms with Gasteiger partial charge in [-0.25, -0.2) is 0 Å². The van der Waals surface area contributed by atoms with Crippen LogP contribution in [0.3, 0.4) is 0 Å². The zero-order valence-corrected chi connectivity index (χ0v) is 31.7. The van der Waals surface area contributed by atoms with Crippen molar-refractivity contribution in [1.82, 2.24) is 5.32 Å². The van der Waals surface area contributed by atoms with Crippen LogP contribution in [0, 0.1) is 5.92 Å². The Labute approximate surface area is 313 Å². The second-order valence-corrected chi connectivity index (χ2v) is 16.6. The Kier molecular flexibility index (Phi) is 12.9. The van der Waals surface area contributed by atoms with Gasteiger partial charge in [0.1, 0.15) is 17.8 Å². The third-order valence-electron chi connectivity index (χ3n) is 10.3. The molecule has 278 valence electrons. The number of rotatable bonds is 9. The second kappa shape index (κ2) is 17.6. The fourth-order valence-electron chi connectivity index (χ4n) is 7.58. The molecular formula is C41H50N2O7S2. The maximum atomic E-state index is 13.9. The number of Topliss-reactive ketones (excluding diaryl/α,β-unsaturated/α-hetero) is 1. The molecule has 3 aliphatic rings. The van der Waals surface area contributed by atoms with E-state index in [4.69, 9.17) is 9.47 Å². The number of nitrogens with one attached hydrogen (secondary N) is 2. The number of phenols is 2. The standard InChI is InChI=1S/C41H50N2O7S2/c1-24(45)21-43-36-16-9-28(18-29(36)22-44)41(42-2)50-38-20-31(47)12-5-27-10-17-37(48)40(49-3)39(27)33-15-8-25-4-11-30(46)19-34(25)35(33)23-51-52-32-13-6-26(38)7-14-32/h4,8-11,15-19,24,26,32,38,41-46,48H,5-7,12-14,20-23H2,1-3H3. The lowest BCUT2D eigenvalue weighted by Gasteiger charge is -2.35. The van der Waals surface area contributed by atoms with Crippen molar-refractivity contribution in [2.24, 2.45) is 5.92 Å². The van der Waals surface area contributed by atoms with E-state index >= 15 is 0 Å². The number of aliphatic hydroxyl groups is 2. The van der Waals surface area contributed by atoms with E-state index in [2.05, 4.69) is 16.7 Å². The molecule has 1 fully saturated rings. The fourth-order valence-corrected chi connectivity index (χ4v) is 10.4. The first-order chi connectivity index (χ1) is 25.2. The molecule has 6 N–H and O–H groups in total. The number of aliphatic hydroxyl groups excluding tert-OH is 2. The van der Waals surface area contributed by atoms with E-state index in [0.29, 0.717) is 41.7 Å². The van der Waals surface area contributed by atoms with Crippen LogP contribution in [-0.4, -0.2) is 64.4 Å².